The van der Waals surface area contributed by atoms with E-state index in [4.69, 9.17) is 0 Å². The maximum absolute atomic E-state index is 14.2. The highest BCUT2D eigenvalue weighted by Gasteiger charge is 2.36. The van der Waals surface area contributed by atoms with E-state index in [-0.39, 0.29) is 11.6 Å². The van der Waals surface area contributed by atoms with Crippen LogP contribution in [0.4, 0.5) is 8.78 Å². The molecule has 1 aromatic carbocycles. The molecular formula is C17H21F2N3S. The fraction of sp³-hybridized carbons (Fsp3) is 0.529. The Morgan fingerprint density at radius 1 is 1.35 bits per heavy atom. The zero-order valence-electron chi connectivity index (χ0n) is 13.6. The van der Waals surface area contributed by atoms with E-state index in [1.807, 2.05) is 18.2 Å². The molecule has 0 saturated carbocycles. The van der Waals surface area contributed by atoms with Crippen molar-refractivity contribution in [1.82, 2.24) is 9.88 Å². The first-order chi connectivity index (χ1) is 10.8. The minimum atomic E-state index is -2.93. The summed E-state index contributed by atoms with van der Waals surface area (Å²) in [6.07, 6.45) is 2.07. The lowest BCUT2D eigenvalue weighted by molar-refractivity contribution is -0.0269. The molecular weight excluding hydrogens is 316 g/mol. The zero-order valence-corrected chi connectivity index (χ0v) is 14.5. The molecule has 2 heterocycles. The predicted octanol–water partition coefficient (Wildman–Crippen LogP) is 4.17. The standard InChI is InChI=1S/C17H21F2N3S/c1-11-4-6-13(20-9-11)12-5-7-15-14(8-12)21-16(23-15)17(18,19)10-22(2)3/h5,7-8,11H,4,6,9-10H2,1-3H3/t11-/m0/s1. The number of thiazole rings is 1. The molecule has 23 heavy (non-hydrogen) atoms. The van der Waals surface area contributed by atoms with Crippen molar-refractivity contribution < 1.29 is 8.78 Å². The molecule has 2 aromatic rings. The molecule has 0 spiro atoms. The fourth-order valence-electron chi connectivity index (χ4n) is 2.78. The van der Waals surface area contributed by atoms with Crippen molar-refractivity contribution in [3.63, 3.8) is 0 Å². The Morgan fingerprint density at radius 2 is 2.13 bits per heavy atom. The van der Waals surface area contributed by atoms with Crippen LogP contribution in [0.3, 0.4) is 0 Å². The molecule has 0 amide bonds. The summed E-state index contributed by atoms with van der Waals surface area (Å²) in [6, 6.07) is 5.76. The summed E-state index contributed by atoms with van der Waals surface area (Å²) in [6.45, 7) is 2.71. The summed E-state index contributed by atoms with van der Waals surface area (Å²) in [5.41, 5.74) is 2.72. The quantitative estimate of drug-likeness (QED) is 0.838. The Morgan fingerprint density at radius 3 is 2.78 bits per heavy atom. The van der Waals surface area contributed by atoms with Crippen molar-refractivity contribution >= 4 is 27.3 Å². The van der Waals surface area contributed by atoms with Gasteiger partial charge in [0.2, 0.25) is 0 Å². The lowest BCUT2D eigenvalue weighted by atomic mass is 9.96. The molecule has 0 radical (unpaired) electrons. The summed E-state index contributed by atoms with van der Waals surface area (Å²) in [5.74, 6) is -2.30. The molecule has 3 rings (SSSR count). The van der Waals surface area contributed by atoms with Crippen molar-refractivity contribution in [2.24, 2.45) is 10.9 Å². The monoisotopic (exact) mass is 337 g/mol. The molecule has 1 aliphatic heterocycles. The summed E-state index contributed by atoms with van der Waals surface area (Å²) >= 11 is 1.07. The van der Waals surface area contributed by atoms with Gasteiger partial charge in [0, 0.05) is 12.3 Å². The van der Waals surface area contributed by atoms with E-state index >= 15 is 0 Å². The van der Waals surface area contributed by atoms with Crippen LogP contribution >= 0.6 is 11.3 Å². The fourth-order valence-corrected chi connectivity index (χ4v) is 3.69. The van der Waals surface area contributed by atoms with Crippen molar-refractivity contribution in [3.8, 4) is 0 Å². The van der Waals surface area contributed by atoms with E-state index in [9.17, 15) is 8.78 Å². The van der Waals surface area contributed by atoms with Gasteiger partial charge in [0.05, 0.1) is 16.8 Å². The van der Waals surface area contributed by atoms with Crippen LogP contribution in [0.15, 0.2) is 23.2 Å². The number of fused-ring (bicyclic) bond motifs is 1. The number of hydrogen-bond donors (Lipinski definition) is 0. The number of halogens is 2. The number of aromatic nitrogens is 1. The first-order valence-corrected chi connectivity index (χ1v) is 8.64. The second-order valence-electron chi connectivity index (χ2n) is 6.57. The van der Waals surface area contributed by atoms with E-state index in [1.165, 1.54) is 4.90 Å². The molecule has 1 aromatic heterocycles. The van der Waals surface area contributed by atoms with Gasteiger partial charge in [-0.25, -0.2) is 4.98 Å². The molecule has 1 atom stereocenters. The van der Waals surface area contributed by atoms with Crippen LogP contribution in [0, 0.1) is 5.92 Å². The average Bonchev–Trinajstić information content (AvgIpc) is 2.90. The molecule has 0 unspecified atom stereocenters. The summed E-state index contributed by atoms with van der Waals surface area (Å²) in [7, 11) is 3.28. The Balaban J connectivity index is 1.92. The summed E-state index contributed by atoms with van der Waals surface area (Å²) < 4.78 is 29.2. The average molecular weight is 337 g/mol. The summed E-state index contributed by atoms with van der Waals surface area (Å²) in [4.78, 5) is 10.3. The van der Waals surface area contributed by atoms with Crippen molar-refractivity contribution in [1.29, 1.82) is 0 Å². The third kappa shape index (κ3) is 3.58. The highest BCUT2D eigenvalue weighted by Crippen LogP contribution is 2.35. The second kappa shape index (κ2) is 6.24. The molecule has 6 heteroatoms. The number of likely N-dealkylation sites (N-methyl/N-ethyl adjacent to an activating group) is 1. The minimum Gasteiger partial charge on any atom is -0.303 e. The Hall–Kier alpha value is -1.40. The maximum Gasteiger partial charge on any atom is 0.311 e. The topological polar surface area (TPSA) is 28.5 Å². The van der Waals surface area contributed by atoms with E-state index in [2.05, 4.69) is 16.9 Å². The Bertz CT molecular complexity index is 737. The minimum absolute atomic E-state index is 0.113. The number of rotatable bonds is 4. The van der Waals surface area contributed by atoms with Gasteiger partial charge >= 0.3 is 5.92 Å². The predicted molar refractivity (Wildman–Crippen MR) is 91.9 cm³/mol. The number of alkyl halides is 2. The Kier molecular flexibility index (Phi) is 4.47. The van der Waals surface area contributed by atoms with Gasteiger partial charge in [-0.2, -0.15) is 8.78 Å². The zero-order chi connectivity index (χ0) is 16.6. The van der Waals surface area contributed by atoms with E-state index < -0.39 is 5.92 Å². The van der Waals surface area contributed by atoms with Gasteiger partial charge in [-0.1, -0.05) is 13.0 Å². The van der Waals surface area contributed by atoms with Gasteiger partial charge in [-0.3, -0.25) is 4.99 Å². The van der Waals surface area contributed by atoms with E-state index in [0.29, 0.717) is 11.4 Å². The Labute approximate surface area is 139 Å². The molecule has 0 fully saturated rings. The highest BCUT2D eigenvalue weighted by atomic mass is 32.1. The summed E-state index contributed by atoms with van der Waals surface area (Å²) in [5, 5.41) is -0.113. The van der Waals surface area contributed by atoms with Crippen LogP contribution in [-0.2, 0) is 5.92 Å². The van der Waals surface area contributed by atoms with Gasteiger partial charge in [-0.15, -0.1) is 11.3 Å². The lowest BCUT2D eigenvalue weighted by Crippen LogP contribution is -2.29. The smallest absolute Gasteiger partial charge is 0.303 e. The SMILES string of the molecule is C[C@H]1CCC(c2ccc3sc(C(F)(F)CN(C)C)nc3c2)=NC1. The largest absolute Gasteiger partial charge is 0.311 e. The van der Waals surface area contributed by atoms with Crippen molar-refractivity contribution in [2.45, 2.75) is 25.7 Å². The molecule has 0 bridgehead atoms. The third-order valence-electron chi connectivity index (χ3n) is 4.02. The molecule has 3 nitrogen and oxygen atoms in total. The van der Waals surface area contributed by atoms with Crippen LogP contribution in [0.25, 0.3) is 10.2 Å². The van der Waals surface area contributed by atoms with Crippen LogP contribution < -0.4 is 0 Å². The molecule has 0 saturated heterocycles. The number of hydrogen-bond acceptors (Lipinski definition) is 4. The first kappa shape index (κ1) is 16.5. The number of aliphatic imine (C=N–C) groups is 1. The maximum atomic E-state index is 14.2. The van der Waals surface area contributed by atoms with E-state index in [0.717, 1.165) is 46.7 Å². The van der Waals surface area contributed by atoms with Crippen molar-refractivity contribution in [3.05, 3.63) is 28.8 Å². The molecule has 1 aliphatic rings. The molecule has 0 N–H and O–H groups in total. The molecule has 0 aliphatic carbocycles. The van der Waals surface area contributed by atoms with Gasteiger partial charge in [0.15, 0.2) is 5.01 Å². The van der Waals surface area contributed by atoms with Gasteiger partial charge < -0.3 is 4.90 Å². The van der Waals surface area contributed by atoms with Crippen LogP contribution in [-0.4, -0.2) is 42.8 Å². The highest BCUT2D eigenvalue weighted by molar-refractivity contribution is 7.18. The normalized spacial score (nSPS) is 19.4. The van der Waals surface area contributed by atoms with Crippen molar-refractivity contribution in [2.75, 3.05) is 27.2 Å². The number of benzene rings is 1. The first-order valence-electron chi connectivity index (χ1n) is 7.82. The van der Waals surface area contributed by atoms with Crippen LogP contribution in [0.5, 0.6) is 0 Å². The third-order valence-corrected chi connectivity index (χ3v) is 5.16. The van der Waals surface area contributed by atoms with Gasteiger partial charge in [-0.05, 0) is 50.6 Å². The van der Waals surface area contributed by atoms with E-state index in [1.54, 1.807) is 14.1 Å². The second-order valence-corrected chi connectivity index (χ2v) is 7.61. The van der Waals surface area contributed by atoms with Gasteiger partial charge in [0.25, 0.3) is 0 Å². The number of nitrogens with zero attached hydrogens (tertiary/aromatic N) is 3. The van der Waals surface area contributed by atoms with Crippen LogP contribution in [0.2, 0.25) is 0 Å². The van der Waals surface area contributed by atoms with Gasteiger partial charge in [0.1, 0.15) is 0 Å². The molecule has 124 valence electrons. The van der Waals surface area contributed by atoms with Crippen LogP contribution in [0.1, 0.15) is 30.3 Å². The lowest BCUT2D eigenvalue weighted by Gasteiger charge is -2.17.